The molecule has 0 saturated carbocycles. The number of ketones is 1. The van der Waals surface area contributed by atoms with Crippen LogP contribution < -0.4 is 0 Å². The Morgan fingerprint density at radius 1 is 1.35 bits per heavy atom. The molecule has 0 spiro atoms. The van der Waals surface area contributed by atoms with Crippen LogP contribution in [-0.4, -0.2) is 22.2 Å². The van der Waals surface area contributed by atoms with Gasteiger partial charge in [-0.25, -0.2) is 0 Å². The molecule has 0 saturated heterocycles. The molecule has 1 aromatic rings. The van der Waals surface area contributed by atoms with Gasteiger partial charge in [0.15, 0.2) is 5.78 Å². The largest absolute Gasteiger partial charge is 0.481 e. The predicted molar refractivity (Wildman–Crippen MR) is 70.2 cm³/mol. The number of carboxylic acid groups (broad SMARTS) is 1. The van der Waals surface area contributed by atoms with E-state index in [1.807, 2.05) is 0 Å². The van der Waals surface area contributed by atoms with E-state index in [0.29, 0.717) is 10.6 Å². The first-order valence-electron chi connectivity index (χ1n) is 4.62. The van der Waals surface area contributed by atoms with Crippen molar-refractivity contribution in [2.45, 2.75) is 6.42 Å². The van der Waals surface area contributed by atoms with E-state index in [-0.39, 0.29) is 17.2 Å². The lowest BCUT2D eigenvalue weighted by Gasteiger charge is -2.06. The van der Waals surface area contributed by atoms with E-state index in [2.05, 4.69) is 12.2 Å². The fourth-order valence-electron chi connectivity index (χ4n) is 1.18. The zero-order chi connectivity index (χ0) is 13.0. The smallest absolute Gasteiger partial charge is 0.311 e. The van der Waals surface area contributed by atoms with Crippen molar-refractivity contribution in [1.82, 2.24) is 0 Å². The number of carbonyl (C=O) groups excluding carboxylic acids is 1. The van der Waals surface area contributed by atoms with Crippen LogP contribution in [0.5, 0.6) is 0 Å². The molecular formula is C11H8Cl2O3S. The summed E-state index contributed by atoms with van der Waals surface area (Å²) < 4.78 is 0. The van der Waals surface area contributed by atoms with Crippen LogP contribution in [0.4, 0.5) is 0 Å². The van der Waals surface area contributed by atoms with Crippen molar-refractivity contribution in [3.63, 3.8) is 0 Å². The van der Waals surface area contributed by atoms with Gasteiger partial charge in [-0.3, -0.25) is 9.59 Å². The van der Waals surface area contributed by atoms with E-state index in [1.54, 1.807) is 0 Å². The van der Waals surface area contributed by atoms with Crippen molar-refractivity contribution >= 4 is 52.5 Å². The number of halogens is 2. The average Bonchev–Trinajstić information content (AvgIpc) is 2.28. The third-order valence-corrected chi connectivity index (χ3v) is 3.20. The molecule has 0 amide bonds. The van der Waals surface area contributed by atoms with Gasteiger partial charge in [-0.2, -0.15) is 0 Å². The van der Waals surface area contributed by atoms with E-state index in [1.165, 1.54) is 18.2 Å². The minimum atomic E-state index is -1.12. The fraction of sp³-hybridized carbons (Fsp3) is 0.182. The Morgan fingerprint density at radius 2 is 2.00 bits per heavy atom. The Hall–Kier alpha value is -0.970. The second-order valence-electron chi connectivity index (χ2n) is 3.34. The summed E-state index contributed by atoms with van der Waals surface area (Å²) in [5.41, 5.74) is 0.322. The molecular weight excluding hydrogens is 283 g/mol. The Labute approximate surface area is 113 Å². The highest BCUT2D eigenvalue weighted by atomic mass is 35.5. The zero-order valence-electron chi connectivity index (χ0n) is 8.52. The molecule has 17 heavy (non-hydrogen) atoms. The van der Waals surface area contributed by atoms with Crippen LogP contribution in [-0.2, 0) is 4.79 Å². The summed E-state index contributed by atoms with van der Waals surface area (Å²) in [7, 11) is 0. The monoisotopic (exact) mass is 290 g/mol. The Balaban J connectivity index is 2.86. The maximum absolute atomic E-state index is 11.8. The molecule has 0 aliphatic carbocycles. The molecule has 0 heterocycles. The average molecular weight is 291 g/mol. The molecule has 1 aromatic carbocycles. The van der Waals surface area contributed by atoms with E-state index < -0.39 is 11.9 Å². The number of hydrogen-bond donors (Lipinski definition) is 1. The van der Waals surface area contributed by atoms with Crippen LogP contribution in [0.1, 0.15) is 16.8 Å². The van der Waals surface area contributed by atoms with E-state index in [9.17, 15) is 9.59 Å². The van der Waals surface area contributed by atoms with Gasteiger partial charge in [0, 0.05) is 12.0 Å². The van der Waals surface area contributed by atoms with Gasteiger partial charge in [0.05, 0.1) is 16.0 Å². The summed E-state index contributed by atoms with van der Waals surface area (Å²) in [5, 5.41) is 10.4. The van der Waals surface area contributed by atoms with E-state index in [0.717, 1.165) is 5.37 Å². The summed E-state index contributed by atoms with van der Waals surface area (Å²) in [5.74, 6) is -2.42. The summed E-state index contributed by atoms with van der Waals surface area (Å²) in [6.45, 7) is 0. The molecule has 0 aliphatic rings. The minimum Gasteiger partial charge on any atom is -0.481 e. The number of hydrogen-bond acceptors (Lipinski definition) is 3. The molecule has 1 atom stereocenters. The van der Waals surface area contributed by atoms with Crippen molar-refractivity contribution in [3.8, 4) is 0 Å². The topological polar surface area (TPSA) is 54.4 Å². The maximum atomic E-state index is 11.8. The minimum absolute atomic E-state index is 0.184. The number of benzene rings is 1. The molecule has 0 aromatic heterocycles. The molecule has 6 heteroatoms. The van der Waals surface area contributed by atoms with Crippen LogP contribution in [0.3, 0.4) is 0 Å². The van der Waals surface area contributed by atoms with E-state index in [4.69, 9.17) is 28.3 Å². The lowest BCUT2D eigenvalue weighted by molar-refractivity contribution is -0.139. The van der Waals surface area contributed by atoms with Gasteiger partial charge in [0.1, 0.15) is 0 Å². The Morgan fingerprint density at radius 3 is 2.47 bits per heavy atom. The van der Waals surface area contributed by atoms with Crippen molar-refractivity contribution < 1.29 is 14.7 Å². The predicted octanol–water partition coefficient (Wildman–Crippen LogP) is 3.27. The molecule has 1 unspecified atom stereocenters. The van der Waals surface area contributed by atoms with Crippen LogP contribution in [0.2, 0.25) is 10.0 Å². The fourth-order valence-corrected chi connectivity index (χ4v) is 1.69. The van der Waals surface area contributed by atoms with Crippen molar-refractivity contribution in [1.29, 1.82) is 0 Å². The number of aliphatic carboxylic acids is 1. The van der Waals surface area contributed by atoms with Gasteiger partial charge in [0.25, 0.3) is 0 Å². The summed E-state index contributed by atoms with van der Waals surface area (Å²) in [4.78, 5) is 22.5. The normalized spacial score (nSPS) is 11.9. The van der Waals surface area contributed by atoms with Crippen molar-refractivity contribution in [3.05, 3.63) is 33.8 Å². The molecule has 0 aliphatic heterocycles. The summed E-state index contributed by atoms with van der Waals surface area (Å²) in [6, 6.07) is 4.40. The molecule has 0 radical (unpaired) electrons. The van der Waals surface area contributed by atoms with Gasteiger partial charge in [-0.15, -0.1) is 0 Å². The second-order valence-corrected chi connectivity index (χ2v) is 4.42. The van der Waals surface area contributed by atoms with Crippen LogP contribution in [0.15, 0.2) is 18.2 Å². The quantitative estimate of drug-likeness (QED) is 0.668. The highest BCUT2D eigenvalue weighted by molar-refractivity contribution is 7.79. The number of carbonyl (C=O) groups is 2. The van der Waals surface area contributed by atoms with Crippen molar-refractivity contribution in [2.75, 3.05) is 0 Å². The first-order valence-corrected chi connectivity index (χ1v) is 5.84. The highest BCUT2D eigenvalue weighted by Crippen LogP contribution is 2.23. The molecule has 0 fully saturated rings. The number of Topliss-reactive ketones (excluding diaryl/α,β-unsaturated/α-hetero) is 1. The van der Waals surface area contributed by atoms with Crippen LogP contribution in [0, 0.1) is 5.92 Å². The van der Waals surface area contributed by atoms with Gasteiger partial charge in [-0.1, -0.05) is 35.4 Å². The third-order valence-electron chi connectivity index (χ3n) is 2.13. The summed E-state index contributed by atoms with van der Waals surface area (Å²) >= 11 is 16.0. The third kappa shape index (κ3) is 3.77. The summed E-state index contributed by atoms with van der Waals surface area (Å²) in [6.07, 6.45) is -0.184. The number of rotatable bonds is 5. The molecule has 1 rings (SSSR count). The first kappa shape index (κ1) is 14.1. The van der Waals surface area contributed by atoms with Gasteiger partial charge < -0.3 is 5.11 Å². The molecule has 0 bridgehead atoms. The lowest BCUT2D eigenvalue weighted by atomic mass is 10.00. The SMILES string of the molecule is O=C(CC(C=S)C(=O)O)c1ccc(Cl)c(Cl)c1. The molecule has 3 nitrogen and oxygen atoms in total. The second kappa shape index (κ2) is 6.10. The lowest BCUT2D eigenvalue weighted by Crippen LogP contribution is -2.18. The van der Waals surface area contributed by atoms with Crippen molar-refractivity contribution in [2.24, 2.45) is 5.92 Å². The van der Waals surface area contributed by atoms with Gasteiger partial charge >= 0.3 is 5.97 Å². The highest BCUT2D eigenvalue weighted by Gasteiger charge is 2.19. The van der Waals surface area contributed by atoms with Crippen LogP contribution >= 0.6 is 35.4 Å². The first-order chi connectivity index (χ1) is 7.95. The standard InChI is InChI=1S/C11H8Cl2O3S/c12-8-2-1-6(3-9(8)13)10(14)4-7(5-17)11(15)16/h1-3,5,7H,4H2,(H,15,16). The number of carboxylic acids is 1. The number of thiocarbonyl (C=S) groups is 1. The molecule has 1 N–H and O–H groups in total. The van der Waals surface area contributed by atoms with Gasteiger partial charge in [-0.05, 0) is 23.6 Å². The molecule has 90 valence electrons. The van der Waals surface area contributed by atoms with E-state index >= 15 is 0 Å². The maximum Gasteiger partial charge on any atom is 0.311 e. The van der Waals surface area contributed by atoms with Crippen LogP contribution in [0.25, 0.3) is 0 Å². The Kier molecular flexibility index (Phi) is 5.05. The van der Waals surface area contributed by atoms with Gasteiger partial charge in [0.2, 0.25) is 0 Å². The zero-order valence-corrected chi connectivity index (χ0v) is 10.9. The Bertz CT molecular complexity index is 474.